The summed E-state index contributed by atoms with van der Waals surface area (Å²) in [6.07, 6.45) is 1.70. The van der Waals surface area contributed by atoms with Gasteiger partial charge in [0.2, 0.25) is 5.91 Å². The van der Waals surface area contributed by atoms with E-state index in [9.17, 15) is 14.4 Å². The number of aromatic carboxylic acids is 1. The summed E-state index contributed by atoms with van der Waals surface area (Å²) in [6.45, 7) is 2.82. The third kappa shape index (κ3) is 6.05. The number of carbonyl (C=O) groups is 3. The van der Waals surface area contributed by atoms with Crippen molar-refractivity contribution in [3.63, 3.8) is 0 Å². The second-order valence-electron chi connectivity index (χ2n) is 8.55. The minimum absolute atomic E-state index is 0.0127. The number of fused-ring (bicyclic) bond motifs is 3. The van der Waals surface area contributed by atoms with Gasteiger partial charge in [-0.15, -0.1) is 11.3 Å². The first-order valence-corrected chi connectivity index (χ1v) is 12.3. The van der Waals surface area contributed by atoms with Gasteiger partial charge in [-0.05, 0) is 34.6 Å². The quantitative estimate of drug-likeness (QED) is 0.385. The Labute approximate surface area is 207 Å². The predicted octanol–water partition coefficient (Wildman–Crippen LogP) is 4.41. The van der Waals surface area contributed by atoms with Crippen molar-refractivity contribution < 1.29 is 24.2 Å². The molecule has 0 bridgehead atoms. The van der Waals surface area contributed by atoms with E-state index >= 15 is 0 Å². The molecule has 1 aromatic heterocycles. The number of amides is 2. The number of hydrogen-bond donors (Lipinski definition) is 3. The van der Waals surface area contributed by atoms with E-state index in [1.807, 2.05) is 31.2 Å². The molecule has 0 fully saturated rings. The zero-order valence-corrected chi connectivity index (χ0v) is 20.1. The Hall–Kier alpha value is -3.72. The molecule has 35 heavy (non-hydrogen) atoms. The topological polar surface area (TPSA) is 118 Å². The predicted molar refractivity (Wildman–Crippen MR) is 132 cm³/mol. The molecule has 1 heterocycles. The van der Waals surface area contributed by atoms with Crippen LogP contribution < -0.4 is 10.6 Å². The monoisotopic (exact) mass is 493 g/mol. The van der Waals surface area contributed by atoms with Gasteiger partial charge >= 0.3 is 12.1 Å². The average molecular weight is 494 g/mol. The Morgan fingerprint density at radius 2 is 1.71 bits per heavy atom. The molecule has 0 aliphatic heterocycles. The van der Waals surface area contributed by atoms with E-state index < -0.39 is 12.1 Å². The lowest BCUT2D eigenvalue weighted by Gasteiger charge is -2.16. The minimum Gasteiger partial charge on any atom is -0.477 e. The zero-order chi connectivity index (χ0) is 24.8. The van der Waals surface area contributed by atoms with Crippen LogP contribution in [-0.4, -0.2) is 41.2 Å². The van der Waals surface area contributed by atoms with Crippen LogP contribution in [0.25, 0.3) is 11.1 Å². The van der Waals surface area contributed by atoms with Gasteiger partial charge in [0.15, 0.2) is 0 Å². The number of hydrogen-bond acceptors (Lipinski definition) is 6. The maximum absolute atomic E-state index is 12.3. The summed E-state index contributed by atoms with van der Waals surface area (Å²) in [4.78, 5) is 39.4. The molecule has 1 unspecified atom stereocenters. The van der Waals surface area contributed by atoms with Crippen molar-refractivity contribution in [1.82, 2.24) is 15.6 Å². The number of thiazole rings is 1. The second kappa shape index (κ2) is 11.1. The van der Waals surface area contributed by atoms with Crippen molar-refractivity contribution in [2.45, 2.75) is 32.2 Å². The van der Waals surface area contributed by atoms with Crippen LogP contribution >= 0.6 is 11.3 Å². The molecule has 0 radical (unpaired) electrons. The number of benzene rings is 2. The van der Waals surface area contributed by atoms with Crippen LogP contribution in [0.4, 0.5) is 4.79 Å². The number of nitrogens with zero attached hydrogens (tertiary/aromatic N) is 1. The van der Waals surface area contributed by atoms with Crippen LogP contribution in [0.5, 0.6) is 0 Å². The molecule has 182 valence electrons. The van der Waals surface area contributed by atoms with Gasteiger partial charge in [-0.3, -0.25) is 4.79 Å². The standard InChI is InChI=1S/C26H27N3O5S/c1-16(10-11-23(30)27-14-24-28-13-22(35-24)25(31)32)12-29-26(33)34-15-21-19-8-4-2-6-17(19)18-7-3-5-9-20(18)21/h2-9,13,16,21H,10-12,14-15H2,1H3,(H,27,30)(H,29,33)(H,31,32). The Bertz CT molecular complexity index is 1180. The van der Waals surface area contributed by atoms with Crippen LogP contribution in [0.3, 0.4) is 0 Å². The summed E-state index contributed by atoms with van der Waals surface area (Å²) in [6, 6.07) is 16.4. The van der Waals surface area contributed by atoms with Gasteiger partial charge in [-0.1, -0.05) is 55.5 Å². The highest BCUT2D eigenvalue weighted by molar-refractivity contribution is 7.13. The summed E-state index contributed by atoms with van der Waals surface area (Å²) in [5, 5.41) is 15.0. The first kappa shape index (κ1) is 24.4. The van der Waals surface area contributed by atoms with Crippen molar-refractivity contribution in [3.8, 4) is 11.1 Å². The highest BCUT2D eigenvalue weighted by Gasteiger charge is 2.29. The van der Waals surface area contributed by atoms with Crippen LogP contribution in [-0.2, 0) is 16.1 Å². The number of carboxylic acids is 1. The molecular weight excluding hydrogens is 466 g/mol. The maximum Gasteiger partial charge on any atom is 0.407 e. The Morgan fingerprint density at radius 1 is 1.06 bits per heavy atom. The van der Waals surface area contributed by atoms with Crippen molar-refractivity contribution in [1.29, 1.82) is 0 Å². The van der Waals surface area contributed by atoms with Crippen LogP contribution in [0.15, 0.2) is 54.7 Å². The van der Waals surface area contributed by atoms with E-state index in [0.717, 1.165) is 22.5 Å². The first-order chi connectivity index (χ1) is 16.9. The van der Waals surface area contributed by atoms with E-state index in [2.05, 4.69) is 39.9 Å². The smallest absolute Gasteiger partial charge is 0.407 e. The molecule has 0 spiro atoms. The SMILES string of the molecule is CC(CCC(=O)NCc1ncc(C(=O)O)s1)CNC(=O)OCC1c2ccccc2-c2ccccc21. The number of ether oxygens (including phenoxy) is 1. The van der Waals surface area contributed by atoms with Gasteiger partial charge in [0.05, 0.1) is 12.7 Å². The van der Waals surface area contributed by atoms with Gasteiger partial charge in [0.25, 0.3) is 0 Å². The fraction of sp³-hybridized carbons (Fsp3) is 0.308. The van der Waals surface area contributed by atoms with E-state index in [1.165, 1.54) is 17.3 Å². The van der Waals surface area contributed by atoms with Crippen LogP contribution in [0.1, 0.15) is 51.5 Å². The molecule has 1 aliphatic rings. The molecule has 2 aromatic carbocycles. The normalized spacial score (nSPS) is 12.9. The highest BCUT2D eigenvalue weighted by atomic mass is 32.1. The number of carboxylic acid groups (broad SMARTS) is 1. The van der Waals surface area contributed by atoms with Crippen molar-refractivity contribution in [2.75, 3.05) is 13.2 Å². The Kier molecular flexibility index (Phi) is 7.77. The highest BCUT2D eigenvalue weighted by Crippen LogP contribution is 2.44. The minimum atomic E-state index is -1.03. The Balaban J connectivity index is 1.17. The van der Waals surface area contributed by atoms with Crippen molar-refractivity contribution in [3.05, 3.63) is 75.7 Å². The van der Waals surface area contributed by atoms with Crippen molar-refractivity contribution >= 4 is 29.3 Å². The van der Waals surface area contributed by atoms with Gasteiger partial charge in [-0.25, -0.2) is 14.6 Å². The molecule has 1 aliphatic carbocycles. The largest absolute Gasteiger partial charge is 0.477 e. The molecule has 1 atom stereocenters. The lowest BCUT2D eigenvalue weighted by Crippen LogP contribution is -2.31. The summed E-state index contributed by atoms with van der Waals surface area (Å²) in [5.41, 5.74) is 4.69. The van der Waals surface area contributed by atoms with Gasteiger partial charge in [-0.2, -0.15) is 0 Å². The number of alkyl carbamates (subject to hydrolysis) is 1. The summed E-state index contributed by atoms with van der Waals surface area (Å²) >= 11 is 1.04. The number of nitrogens with one attached hydrogen (secondary N) is 2. The van der Waals surface area contributed by atoms with Crippen molar-refractivity contribution in [2.24, 2.45) is 5.92 Å². The number of aromatic nitrogens is 1. The van der Waals surface area contributed by atoms with Crippen LogP contribution in [0.2, 0.25) is 0 Å². The number of rotatable bonds is 10. The lowest BCUT2D eigenvalue weighted by atomic mass is 9.98. The molecule has 2 amide bonds. The molecule has 9 heteroatoms. The average Bonchev–Trinajstić information content (AvgIpc) is 3.47. The third-order valence-corrected chi connectivity index (χ3v) is 6.99. The lowest BCUT2D eigenvalue weighted by molar-refractivity contribution is -0.121. The fourth-order valence-corrected chi connectivity index (χ4v) is 4.84. The molecule has 8 nitrogen and oxygen atoms in total. The van der Waals surface area contributed by atoms with E-state index in [4.69, 9.17) is 9.84 Å². The zero-order valence-electron chi connectivity index (χ0n) is 19.3. The molecule has 4 rings (SSSR count). The molecule has 0 saturated heterocycles. The van der Waals surface area contributed by atoms with Gasteiger partial charge in [0, 0.05) is 18.9 Å². The van der Waals surface area contributed by atoms with Gasteiger partial charge in [0.1, 0.15) is 16.5 Å². The summed E-state index contributed by atoms with van der Waals surface area (Å²) in [7, 11) is 0. The van der Waals surface area contributed by atoms with E-state index in [-0.39, 0.29) is 35.8 Å². The van der Waals surface area contributed by atoms with Gasteiger partial charge < -0.3 is 20.5 Å². The van der Waals surface area contributed by atoms with Crippen LogP contribution in [0, 0.1) is 5.92 Å². The Morgan fingerprint density at radius 3 is 2.34 bits per heavy atom. The third-order valence-electron chi connectivity index (χ3n) is 6.00. The first-order valence-electron chi connectivity index (χ1n) is 11.5. The number of carbonyl (C=O) groups excluding carboxylic acids is 2. The summed E-state index contributed by atoms with van der Waals surface area (Å²) < 4.78 is 5.55. The molecule has 3 aromatic rings. The molecule has 0 saturated carbocycles. The van der Waals surface area contributed by atoms with E-state index in [1.54, 1.807) is 0 Å². The second-order valence-corrected chi connectivity index (χ2v) is 9.67. The van der Waals surface area contributed by atoms with E-state index in [0.29, 0.717) is 24.4 Å². The summed E-state index contributed by atoms with van der Waals surface area (Å²) in [5.74, 6) is -1.08. The fourth-order valence-electron chi connectivity index (χ4n) is 4.14. The molecular formula is C26H27N3O5S. The molecule has 3 N–H and O–H groups in total. The maximum atomic E-state index is 12.3.